The molecule has 2 unspecified atom stereocenters. The van der Waals surface area contributed by atoms with Crippen molar-refractivity contribution < 1.29 is 4.42 Å². The summed E-state index contributed by atoms with van der Waals surface area (Å²) in [5.74, 6) is 0.883. The van der Waals surface area contributed by atoms with Gasteiger partial charge in [0.15, 0.2) is 0 Å². The third kappa shape index (κ3) is 5.76. The van der Waals surface area contributed by atoms with Crippen LogP contribution >= 0.6 is 0 Å². The molecule has 0 saturated heterocycles. The molecule has 53 heavy (non-hydrogen) atoms. The molecule has 4 heteroatoms. The van der Waals surface area contributed by atoms with Gasteiger partial charge in [-0.15, -0.1) is 0 Å². The van der Waals surface area contributed by atoms with Crippen molar-refractivity contribution in [3.05, 3.63) is 205 Å². The number of hydrogen-bond acceptors (Lipinski definition) is 4. The molecule has 8 aromatic carbocycles. The maximum absolute atomic E-state index is 6.59. The zero-order valence-electron chi connectivity index (χ0n) is 28.9. The zero-order valence-corrected chi connectivity index (χ0v) is 28.9. The Balaban J connectivity index is 0.958. The Morgan fingerprint density at radius 1 is 0.415 bits per heavy atom. The number of benzene rings is 8. The van der Waals surface area contributed by atoms with E-state index >= 15 is 0 Å². The van der Waals surface area contributed by atoms with E-state index in [1.807, 2.05) is 18.2 Å². The fraction of sp³-hybridized carbons (Fsp3) is 0.0408. The first kappa shape index (κ1) is 31.0. The molecule has 1 aliphatic rings. The molecule has 0 bridgehead atoms. The normalized spacial score (nSPS) is 15.7. The number of aliphatic imine (C=N–C) groups is 1. The standard InChI is InChI=1S/C49H35N3O/c1-4-12-32(13-5-1)39-28-29-41-44-31-43(40-18-10-11-19-42(40)46(44)53-45(41)30-39)35-24-20-33(21-25-35)34-22-26-38(27-23-34)49-51-47(36-14-6-2-7-15-36)50-48(52-49)37-16-8-3-9-17-37/h1-31,47,49,51H,(H,50,52). The van der Waals surface area contributed by atoms with E-state index in [0.717, 1.165) is 55.4 Å². The second-order valence-electron chi connectivity index (χ2n) is 13.6. The molecular formula is C49H35N3O. The smallest absolute Gasteiger partial charge is 0.143 e. The predicted molar refractivity (Wildman–Crippen MR) is 219 cm³/mol. The molecule has 2 atom stereocenters. The summed E-state index contributed by atoms with van der Waals surface area (Å²) in [6.45, 7) is 0. The summed E-state index contributed by atoms with van der Waals surface area (Å²) in [4.78, 5) is 5.05. The van der Waals surface area contributed by atoms with E-state index in [-0.39, 0.29) is 12.3 Å². The van der Waals surface area contributed by atoms with Crippen LogP contribution < -0.4 is 10.6 Å². The highest BCUT2D eigenvalue weighted by molar-refractivity contribution is 6.19. The molecule has 1 aliphatic heterocycles. The van der Waals surface area contributed by atoms with E-state index in [1.165, 1.54) is 33.2 Å². The quantitative estimate of drug-likeness (QED) is 0.184. The van der Waals surface area contributed by atoms with Gasteiger partial charge in [-0.05, 0) is 68.1 Å². The van der Waals surface area contributed by atoms with E-state index in [9.17, 15) is 0 Å². The molecule has 1 aromatic heterocycles. The predicted octanol–water partition coefficient (Wildman–Crippen LogP) is 12.1. The van der Waals surface area contributed by atoms with Crippen molar-refractivity contribution in [2.45, 2.75) is 12.3 Å². The number of amidine groups is 1. The summed E-state index contributed by atoms with van der Waals surface area (Å²) in [5.41, 5.74) is 12.2. The minimum Gasteiger partial charge on any atom is -0.455 e. The van der Waals surface area contributed by atoms with E-state index in [0.29, 0.717) is 0 Å². The maximum Gasteiger partial charge on any atom is 0.143 e. The molecule has 0 fully saturated rings. The van der Waals surface area contributed by atoms with Gasteiger partial charge in [0, 0.05) is 21.7 Å². The Morgan fingerprint density at radius 3 is 1.70 bits per heavy atom. The molecule has 2 N–H and O–H groups in total. The molecule has 4 nitrogen and oxygen atoms in total. The van der Waals surface area contributed by atoms with E-state index in [1.54, 1.807) is 0 Å². The lowest BCUT2D eigenvalue weighted by atomic mass is 9.93. The van der Waals surface area contributed by atoms with Crippen LogP contribution in [0, 0.1) is 0 Å². The Kier molecular flexibility index (Phi) is 7.67. The van der Waals surface area contributed by atoms with Gasteiger partial charge in [0.05, 0.1) is 0 Å². The molecule has 0 amide bonds. The van der Waals surface area contributed by atoms with Crippen LogP contribution in [0.5, 0.6) is 0 Å². The third-order valence-electron chi connectivity index (χ3n) is 10.4. The molecule has 2 heterocycles. The summed E-state index contributed by atoms with van der Waals surface area (Å²) >= 11 is 0. The number of nitrogens with one attached hydrogen (secondary N) is 2. The Labute approximate surface area is 308 Å². The topological polar surface area (TPSA) is 49.6 Å². The van der Waals surface area contributed by atoms with Gasteiger partial charge in [-0.25, -0.2) is 4.99 Å². The molecular weight excluding hydrogens is 647 g/mol. The van der Waals surface area contributed by atoms with Crippen LogP contribution in [0.15, 0.2) is 197 Å². The van der Waals surface area contributed by atoms with Crippen molar-refractivity contribution >= 4 is 38.5 Å². The second-order valence-corrected chi connectivity index (χ2v) is 13.6. The van der Waals surface area contributed by atoms with Crippen molar-refractivity contribution in [1.29, 1.82) is 0 Å². The first-order chi connectivity index (χ1) is 26.2. The van der Waals surface area contributed by atoms with E-state index in [4.69, 9.17) is 9.41 Å². The summed E-state index contributed by atoms with van der Waals surface area (Å²) in [6.07, 6.45) is -0.261. The lowest BCUT2D eigenvalue weighted by Gasteiger charge is -2.32. The van der Waals surface area contributed by atoms with Gasteiger partial charge in [0.1, 0.15) is 29.3 Å². The molecule has 0 aliphatic carbocycles. The minimum absolute atomic E-state index is 0.100. The summed E-state index contributed by atoms with van der Waals surface area (Å²) in [7, 11) is 0. The average Bonchev–Trinajstić information content (AvgIpc) is 3.62. The van der Waals surface area contributed by atoms with Gasteiger partial charge in [-0.3, -0.25) is 5.32 Å². The molecule has 0 spiro atoms. The van der Waals surface area contributed by atoms with Gasteiger partial charge in [-0.1, -0.05) is 170 Å². The Bertz CT molecular complexity index is 2750. The van der Waals surface area contributed by atoms with Gasteiger partial charge >= 0.3 is 0 Å². The van der Waals surface area contributed by atoms with Crippen molar-refractivity contribution in [1.82, 2.24) is 10.6 Å². The van der Waals surface area contributed by atoms with Crippen LogP contribution in [0.2, 0.25) is 0 Å². The van der Waals surface area contributed by atoms with Gasteiger partial charge in [-0.2, -0.15) is 0 Å². The van der Waals surface area contributed by atoms with Crippen LogP contribution in [0.4, 0.5) is 0 Å². The number of hydrogen-bond donors (Lipinski definition) is 2. The fourth-order valence-electron chi connectivity index (χ4n) is 7.64. The molecule has 9 aromatic rings. The van der Waals surface area contributed by atoms with Crippen LogP contribution in [-0.4, -0.2) is 5.84 Å². The molecule has 252 valence electrons. The SMILES string of the molecule is c1ccc(C2=NC(c3ccccc3)NC(c3ccc(-c4ccc(-c5cc6c7ccc(-c8ccccc8)cc7oc6c6ccccc56)cc4)cc3)N2)cc1. The largest absolute Gasteiger partial charge is 0.455 e. The first-order valence-electron chi connectivity index (χ1n) is 18.1. The Hall–Kier alpha value is -6.75. The van der Waals surface area contributed by atoms with Crippen LogP contribution in [0.3, 0.4) is 0 Å². The van der Waals surface area contributed by atoms with Gasteiger partial charge in [0.2, 0.25) is 0 Å². The van der Waals surface area contributed by atoms with Crippen LogP contribution in [0.1, 0.15) is 29.0 Å². The summed E-state index contributed by atoms with van der Waals surface area (Å²) in [5, 5.41) is 11.9. The monoisotopic (exact) mass is 681 g/mol. The number of rotatable bonds is 6. The highest BCUT2D eigenvalue weighted by Gasteiger charge is 2.25. The molecule has 10 rings (SSSR count). The third-order valence-corrected chi connectivity index (χ3v) is 10.4. The van der Waals surface area contributed by atoms with Crippen molar-refractivity contribution in [2.75, 3.05) is 0 Å². The fourth-order valence-corrected chi connectivity index (χ4v) is 7.64. The second kappa shape index (κ2) is 13.1. The van der Waals surface area contributed by atoms with Gasteiger partial charge in [0.25, 0.3) is 0 Å². The molecule has 0 saturated carbocycles. The summed E-state index contributed by atoms with van der Waals surface area (Å²) < 4.78 is 6.59. The zero-order chi connectivity index (χ0) is 35.1. The first-order valence-corrected chi connectivity index (χ1v) is 18.1. The van der Waals surface area contributed by atoms with Crippen molar-refractivity contribution in [2.24, 2.45) is 4.99 Å². The number of furan rings is 1. The number of fused-ring (bicyclic) bond motifs is 5. The lowest BCUT2D eigenvalue weighted by molar-refractivity contribution is 0.409. The van der Waals surface area contributed by atoms with Crippen LogP contribution in [-0.2, 0) is 0 Å². The van der Waals surface area contributed by atoms with Gasteiger partial charge < -0.3 is 9.73 Å². The lowest BCUT2D eigenvalue weighted by Crippen LogP contribution is -2.44. The Morgan fingerprint density at radius 2 is 0.981 bits per heavy atom. The average molecular weight is 682 g/mol. The van der Waals surface area contributed by atoms with Crippen LogP contribution in [0.25, 0.3) is 66.1 Å². The maximum atomic E-state index is 6.59. The summed E-state index contributed by atoms with van der Waals surface area (Å²) in [6, 6.07) is 66.4. The van der Waals surface area contributed by atoms with Crippen molar-refractivity contribution in [3.63, 3.8) is 0 Å². The van der Waals surface area contributed by atoms with E-state index < -0.39 is 0 Å². The number of nitrogens with zero attached hydrogens (tertiary/aromatic N) is 1. The highest BCUT2D eigenvalue weighted by Crippen LogP contribution is 2.41. The molecule has 0 radical (unpaired) electrons. The minimum atomic E-state index is -0.160. The van der Waals surface area contributed by atoms with E-state index in [2.05, 4.69) is 180 Å². The highest BCUT2D eigenvalue weighted by atomic mass is 16.3. The van der Waals surface area contributed by atoms with Crippen molar-refractivity contribution in [3.8, 4) is 33.4 Å².